The van der Waals surface area contributed by atoms with Crippen LogP contribution in [0.25, 0.3) is 0 Å². The molecule has 5 heteroatoms. The first kappa shape index (κ1) is 15.9. The van der Waals surface area contributed by atoms with E-state index in [1.54, 1.807) is 12.1 Å². The Labute approximate surface area is 118 Å². The van der Waals surface area contributed by atoms with Crippen LogP contribution < -0.4 is 10.1 Å². The lowest BCUT2D eigenvalue weighted by atomic mass is 9.98. The highest BCUT2D eigenvalue weighted by Crippen LogP contribution is 2.24. The predicted octanol–water partition coefficient (Wildman–Crippen LogP) is 1.56. The van der Waals surface area contributed by atoms with Crippen molar-refractivity contribution >= 4 is 17.7 Å². The zero-order valence-electron chi connectivity index (χ0n) is 12.1. The van der Waals surface area contributed by atoms with Gasteiger partial charge in [0.25, 0.3) is 0 Å². The molecule has 0 radical (unpaired) electrons. The van der Waals surface area contributed by atoms with Crippen molar-refractivity contribution in [3.05, 3.63) is 29.3 Å². The van der Waals surface area contributed by atoms with Crippen molar-refractivity contribution < 1.29 is 19.1 Å². The van der Waals surface area contributed by atoms with Crippen LogP contribution in [0.3, 0.4) is 0 Å². The smallest absolute Gasteiger partial charge is 0.308 e. The first-order valence-corrected chi connectivity index (χ1v) is 6.35. The highest BCUT2D eigenvalue weighted by molar-refractivity contribution is 5.87. The van der Waals surface area contributed by atoms with Crippen LogP contribution in [0.1, 0.15) is 31.9 Å². The van der Waals surface area contributed by atoms with E-state index in [1.165, 1.54) is 20.8 Å². The Morgan fingerprint density at radius 3 is 2.35 bits per heavy atom. The Bertz CT molecular complexity index is 537. The van der Waals surface area contributed by atoms with Crippen LogP contribution in [0.5, 0.6) is 5.75 Å². The number of amides is 1. The molecule has 1 aromatic rings. The van der Waals surface area contributed by atoms with Crippen molar-refractivity contribution in [2.45, 2.75) is 40.2 Å². The number of hydrogen-bond acceptors (Lipinski definition) is 4. The fourth-order valence-electron chi connectivity index (χ4n) is 1.93. The number of esters is 1. The summed E-state index contributed by atoms with van der Waals surface area (Å²) < 4.78 is 5.15. The Hall–Kier alpha value is -2.17. The minimum Gasteiger partial charge on any atom is -0.426 e. The second-order valence-electron chi connectivity index (χ2n) is 4.71. The molecule has 0 saturated carbocycles. The van der Waals surface area contributed by atoms with E-state index in [-0.39, 0.29) is 11.7 Å². The van der Waals surface area contributed by atoms with Gasteiger partial charge in [0.2, 0.25) is 5.91 Å². The number of benzene rings is 1. The highest BCUT2D eigenvalue weighted by atomic mass is 16.5. The molecule has 20 heavy (non-hydrogen) atoms. The van der Waals surface area contributed by atoms with Crippen LogP contribution in [-0.2, 0) is 20.8 Å². The highest BCUT2D eigenvalue weighted by Gasteiger charge is 2.19. The molecule has 0 heterocycles. The lowest BCUT2D eigenvalue weighted by molar-refractivity contribution is -0.132. The van der Waals surface area contributed by atoms with Crippen LogP contribution in [-0.4, -0.2) is 23.7 Å². The van der Waals surface area contributed by atoms with Gasteiger partial charge >= 0.3 is 5.97 Å². The molecule has 0 aromatic heterocycles. The molecule has 1 N–H and O–H groups in total. The van der Waals surface area contributed by atoms with E-state index in [4.69, 9.17) is 4.74 Å². The third kappa shape index (κ3) is 4.50. The minimum atomic E-state index is -0.622. The van der Waals surface area contributed by atoms with Gasteiger partial charge in [-0.3, -0.25) is 14.4 Å². The maximum Gasteiger partial charge on any atom is 0.308 e. The fourth-order valence-corrected chi connectivity index (χ4v) is 1.93. The van der Waals surface area contributed by atoms with Gasteiger partial charge in [-0.25, -0.2) is 0 Å². The number of ether oxygens (including phenoxy) is 1. The summed E-state index contributed by atoms with van der Waals surface area (Å²) in [5, 5.41) is 2.61. The second kappa shape index (κ2) is 6.84. The average Bonchev–Trinajstić information content (AvgIpc) is 2.30. The van der Waals surface area contributed by atoms with Crippen molar-refractivity contribution in [2.24, 2.45) is 0 Å². The molecule has 0 saturated heterocycles. The van der Waals surface area contributed by atoms with Gasteiger partial charge in [0.05, 0.1) is 6.04 Å². The Morgan fingerprint density at radius 2 is 1.85 bits per heavy atom. The van der Waals surface area contributed by atoms with Gasteiger partial charge in [-0.15, -0.1) is 0 Å². The zero-order chi connectivity index (χ0) is 15.3. The standard InChI is InChI=1S/C15H19NO4/c1-9-6-5-7-15(20-12(4)19)13(9)8-14(10(2)17)16-11(3)18/h5-7,14H,8H2,1-4H3,(H,16,18)/t14-/m0/s1. The summed E-state index contributed by atoms with van der Waals surface area (Å²) in [7, 11) is 0. The predicted molar refractivity (Wildman–Crippen MR) is 74.5 cm³/mol. The van der Waals surface area contributed by atoms with Crippen molar-refractivity contribution in [2.75, 3.05) is 0 Å². The lowest BCUT2D eigenvalue weighted by Gasteiger charge is -2.18. The van der Waals surface area contributed by atoms with Gasteiger partial charge in [0, 0.05) is 25.8 Å². The van der Waals surface area contributed by atoms with Crippen LogP contribution in [0.15, 0.2) is 18.2 Å². The Kier molecular flexibility index (Phi) is 5.43. The van der Waals surface area contributed by atoms with Crippen molar-refractivity contribution in [1.29, 1.82) is 0 Å². The number of ketones is 1. The van der Waals surface area contributed by atoms with Crippen LogP contribution in [0.4, 0.5) is 0 Å². The first-order chi connectivity index (χ1) is 9.31. The summed E-state index contributed by atoms with van der Waals surface area (Å²) in [6.07, 6.45) is 0.296. The fraction of sp³-hybridized carbons (Fsp3) is 0.400. The monoisotopic (exact) mass is 277 g/mol. The Morgan fingerprint density at radius 1 is 1.20 bits per heavy atom. The van der Waals surface area contributed by atoms with E-state index in [0.29, 0.717) is 12.2 Å². The van der Waals surface area contributed by atoms with Crippen LogP contribution >= 0.6 is 0 Å². The van der Waals surface area contributed by atoms with Crippen molar-refractivity contribution in [3.63, 3.8) is 0 Å². The maximum absolute atomic E-state index is 11.6. The summed E-state index contributed by atoms with van der Waals surface area (Å²) in [6, 6.07) is 4.70. The largest absolute Gasteiger partial charge is 0.426 e. The number of Topliss-reactive ketones (excluding diaryl/α,β-unsaturated/α-hetero) is 1. The second-order valence-corrected chi connectivity index (χ2v) is 4.71. The molecule has 0 aliphatic rings. The molecule has 5 nitrogen and oxygen atoms in total. The van der Waals surface area contributed by atoms with Crippen LogP contribution in [0, 0.1) is 6.92 Å². The maximum atomic E-state index is 11.6. The minimum absolute atomic E-state index is 0.141. The van der Waals surface area contributed by atoms with Gasteiger partial charge in [-0.1, -0.05) is 12.1 Å². The first-order valence-electron chi connectivity index (χ1n) is 6.35. The van der Waals surface area contributed by atoms with Crippen molar-refractivity contribution in [3.8, 4) is 5.75 Å². The number of hydrogen-bond donors (Lipinski definition) is 1. The van der Waals surface area contributed by atoms with E-state index < -0.39 is 12.0 Å². The normalized spacial score (nSPS) is 11.6. The molecule has 1 rings (SSSR count). The molecule has 0 aliphatic heterocycles. The summed E-state index contributed by atoms with van der Waals surface area (Å²) in [5.41, 5.74) is 1.65. The zero-order valence-corrected chi connectivity index (χ0v) is 12.1. The molecule has 1 atom stereocenters. The molecule has 0 fully saturated rings. The van der Waals surface area contributed by atoms with Gasteiger partial charge in [0.1, 0.15) is 5.75 Å². The SMILES string of the molecule is CC(=O)N[C@@H](Cc1c(C)cccc1OC(C)=O)C(C)=O. The van der Waals surface area contributed by atoms with Gasteiger partial charge in [-0.2, -0.15) is 0 Å². The number of carbonyl (C=O) groups excluding carboxylic acids is 3. The third-order valence-electron chi connectivity index (χ3n) is 2.90. The Balaban J connectivity index is 3.07. The lowest BCUT2D eigenvalue weighted by Crippen LogP contribution is -2.40. The number of rotatable bonds is 5. The molecular formula is C15H19NO4. The topological polar surface area (TPSA) is 72.5 Å². The van der Waals surface area contributed by atoms with Gasteiger partial charge in [-0.05, 0) is 25.5 Å². The van der Waals surface area contributed by atoms with E-state index in [0.717, 1.165) is 11.1 Å². The van der Waals surface area contributed by atoms with Gasteiger partial charge < -0.3 is 10.1 Å². The van der Waals surface area contributed by atoms with Crippen LogP contribution in [0.2, 0.25) is 0 Å². The molecule has 0 aliphatic carbocycles. The van der Waals surface area contributed by atoms with Crippen molar-refractivity contribution in [1.82, 2.24) is 5.32 Å². The molecule has 0 unspecified atom stereocenters. The third-order valence-corrected chi connectivity index (χ3v) is 2.90. The van der Waals surface area contributed by atoms with Gasteiger partial charge in [0.15, 0.2) is 5.78 Å². The summed E-state index contributed by atoms with van der Waals surface area (Å²) in [6.45, 7) is 5.97. The number of nitrogens with one attached hydrogen (secondary N) is 1. The molecule has 108 valence electrons. The van der Waals surface area contributed by atoms with E-state index in [1.807, 2.05) is 13.0 Å². The summed E-state index contributed by atoms with van der Waals surface area (Å²) in [5.74, 6) is -0.407. The molecule has 0 bridgehead atoms. The number of aryl methyl sites for hydroxylation is 1. The summed E-state index contributed by atoms with van der Waals surface area (Å²) in [4.78, 5) is 33.9. The molecule has 0 spiro atoms. The summed E-state index contributed by atoms with van der Waals surface area (Å²) >= 11 is 0. The van der Waals surface area contributed by atoms with E-state index >= 15 is 0 Å². The number of carbonyl (C=O) groups is 3. The average molecular weight is 277 g/mol. The van der Waals surface area contributed by atoms with E-state index in [9.17, 15) is 14.4 Å². The molecule has 1 amide bonds. The quantitative estimate of drug-likeness (QED) is 0.655. The molecule has 1 aromatic carbocycles. The molecular weight excluding hydrogens is 258 g/mol. The van der Waals surface area contributed by atoms with E-state index in [2.05, 4.69) is 5.32 Å².